The second-order valence-corrected chi connectivity index (χ2v) is 7.48. The minimum atomic E-state index is -0.870. The average Bonchev–Trinajstić information content (AvgIpc) is 2.76. The van der Waals surface area contributed by atoms with Gasteiger partial charge < -0.3 is 14.8 Å². The fourth-order valence-corrected chi connectivity index (χ4v) is 3.22. The molecular formula is C25H24Cl2FNO4. The average molecular weight is 492 g/mol. The van der Waals surface area contributed by atoms with E-state index in [0.29, 0.717) is 12.0 Å². The minimum Gasteiger partial charge on any atom is -0.490 e. The summed E-state index contributed by atoms with van der Waals surface area (Å²) in [6, 6.07) is 7.43. The molecule has 0 aromatic heterocycles. The number of hydrogen-bond acceptors (Lipinski definition) is 4. The van der Waals surface area contributed by atoms with E-state index >= 15 is 0 Å². The molecule has 0 fully saturated rings. The first-order chi connectivity index (χ1) is 15.9. The minimum absolute atomic E-state index is 0.0430. The Morgan fingerprint density at radius 2 is 1.91 bits per heavy atom. The Bertz CT molecular complexity index is 1070. The van der Waals surface area contributed by atoms with Gasteiger partial charge in [-0.25, -0.2) is 4.39 Å². The lowest BCUT2D eigenvalue weighted by atomic mass is 10.1. The lowest BCUT2D eigenvalue weighted by Gasteiger charge is -2.13. The predicted molar refractivity (Wildman–Crippen MR) is 130 cm³/mol. The monoisotopic (exact) mass is 491 g/mol. The second-order valence-electron chi connectivity index (χ2n) is 6.67. The largest absolute Gasteiger partial charge is 0.490 e. The number of carbonyl (C=O) groups is 2. The lowest BCUT2D eigenvalue weighted by Crippen LogP contribution is -2.16. The van der Waals surface area contributed by atoms with E-state index in [1.807, 2.05) is 18.2 Å². The number of anilines is 1. The van der Waals surface area contributed by atoms with Crippen molar-refractivity contribution >= 4 is 40.8 Å². The maximum atomic E-state index is 14.9. The van der Waals surface area contributed by atoms with E-state index in [9.17, 15) is 14.0 Å². The van der Waals surface area contributed by atoms with Crippen LogP contribution in [0, 0.1) is 5.82 Å². The smallest absolute Gasteiger partial charge is 0.310 e. The van der Waals surface area contributed by atoms with Crippen molar-refractivity contribution in [3.05, 3.63) is 94.3 Å². The van der Waals surface area contributed by atoms with Gasteiger partial charge in [0.15, 0.2) is 11.6 Å². The van der Waals surface area contributed by atoms with Crippen LogP contribution in [0.3, 0.4) is 0 Å². The molecule has 0 aliphatic rings. The summed E-state index contributed by atoms with van der Waals surface area (Å²) >= 11 is 12.3. The van der Waals surface area contributed by atoms with Crippen LogP contribution in [0.5, 0.6) is 5.75 Å². The number of allylic oxidation sites excluding steroid dienone is 4. The van der Waals surface area contributed by atoms with Gasteiger partial charge >= 0.3 is 5.97 Å². The van der Waals surface area contributed by atoms with Crippen LogP contribution in [0.25, 0.3) is 0 Å². The predicted octanol–water partition coefficient (Wildman–Crippen LogP) is 6.56. The van der Waals surface area contributed by atoms with Gasteiger partial charge in [0.05, 0.1) is 40.9 Å². The van der Waals surface area contributed by atoms with Gasteiger partial charge in [-0.3, -0.25) is 9.59 Å². The molecule has 0 aliphatic heterocycles. The summed E-state index contributed by atoms with van der Waals surface area (Å²) in [6.07, 6.45) is 9.51. The van der Waals surface area contributed by atoms with E-state index < -0.39 is 11.7 Å². The highest BCUT2D eigenvalue weighted by atomic mass is 35.5. The van der Waals surface area contributed by atoms with E-state index in [0.717, 1.165) is 0 Å². The van der Waals surface area contributed by atoms with Crippen molar-refractivity contribution in [1.29, 1.82) is 0 Å². The van der Waals surface area contributed by atoms with E-state index in [1.165, 1.54) is 24.3 Å². The van der Waals surface area contributed by atoms with Crippen LogP contribution in [0.1, 0.15) is 29.3 Å². The summed E-state index contributed by atoms with van der Waals surface area (Å²) in [7, 11) is 0. The molecule has 0 radical (unpaired) electrons. The number of halogens is 3. The normalized spacial score (nSPS) is 11.0. The number of amides is 1. The molecule has 1 N–H and O–H groups in total. The zero-order valence-corrected chi connectivity index (χ0v) is 19.6. The first-order valence-corrected chi connectivity index (χ1v) is 10.9. The Morgan fingerprint density at radius 3 is 2.61 bits per heavy atom. The van der Waals surface area contributed by atoms with E-state index in [1.54, 1.807) is 25.1 Å². The first-order valence-electron chi connectivity index (χ1n) is 10.2. The van der Waals surface area contributed by atoms with Crippen molar-refractivity contribution in [3.8, 4) is 5.75 Å². The molecule has 33 heavy (non-hydrogen) atoms. The van der Waals surface area contributed by atoms with Crippen LogP contribution in [0.2, 0.25) is 10.0 Å². The second kappa shape index (κ2) is 13.5. The summed E-state index contributed by atoms with van der Waals surface area (Å²) in [6.45, 7) is 5.78. The van der Waals surface area contributed by atoms with E-state index in [-0.39, 0.29) is 52.6 Å². The molecule has 5 nitrogen and oxygen atoms in total. The number of nitrogens with one attached hydrogen (secondary N) is 1. The quantitative estimate of drug-likeness (QED) is 0.219. The Balaban J connectivity index is 2.09. The molecule has 0 saturated heterocycles. The third-order valence-corrected chi connectivity index (χ3v) is 4.88. The molecule has 0 atom stereocenters. The maximum absolute atomic E-state index is 14.9. The van der Waals surface area contributed by atoms with Crippen LogP contribution >= 0.6 is 23.2 Å². The fourth-order valence-electron chi connectivity index (χ4n) is 2.74. The van der Waals surface area contributed by atoms with Gasteiger partial charge in [0.25, 0.3) is 5.91 Å². The molecule has 8 heteroatoms. The highest BCUT2D eigenvalue weighted by molar-refractivity contribution is 6.36. The number of hydrogen-bond donors (Lipinski definition) is 1. The van der Waals surface area contributed by atoms with Gasteiger partial charge in [0.2, 0.25) is 0 Å². The van der Waals surface area contributed by atoms with Crippen molar-refractivity contribution < 1.29 is 23.5 Å². The zero-order valence-electron chi connectivity index (χ0n) is 18.1. The van der Waals surface area contributed by atoms with Crippen LogP contribution < -0.4 is 10.1 Å². The molecular weight excluding hydrogens is 468 g/mol. The van der Waals surface area contributed by atoms with E-state index in [2.05, 4.69) is 11.9 Å². The highest BCUT2D eigenvalue weighted by Crippen LogP contribution is 2.30. The van der Waals surface area contributed by atoms with Crippen LogP contribution in [0.4, 0.5) is 10.1 Å². The van der Waals surface area contributed by atoms with Crippen molar-refractivity contribution in [2.75, 3.05) is 18.5 Å². The lowest BCUT2D eigenvalue weighted by molar-refractivity contribution is -0.142. The number of rotatable bonds is 11. The Labute approximate surface area is 202 Å². The number of ether oxygens (including phenoxy) is 2. The topological polar surface area (TPSA) is 64.6 Å². The fraction of sp³-hybridized carbons (Fsp3) is 0.200. The molecule has 174 valence electrons. The number of esters is 1. The van der Waals surface area contributed by atoms with Crippen LogP contribution in [-0.2, 0) is 16.0 Å². The molecule has 0 aliphatic carbocycles. The standard InChI is InChI=1S/C25H24Cl2FNO4/c1-3-5-6-7-8-9-14-33-21-13-11-18(26)23(24(21)28)25(31)29-20-12-10-17(15-19(20)27)16-22(30)32-4-2/h3,5-8,10-13,15H,1,4,9,14,16H2,2H3,(H,29,31)/b6-5-,8-7-. The SMILES string of the molecule is C=C/C=C\C=C/CCOc1ccc(Cl)c(C(=O)Nc2ccc(CC(=O)OCC)cc2Cl)c1F. The molecule has 2 aromatic carbocycles. The molecule has 2 rings (SSSR count). The number of benzene rings is 2. The van der Waals surface area contributed by atoms with Crippen molar-refractivity contribution in [2.24, 2.45) is 0 Å². The van der Waals surface area contributed by atoms with Gasteiger partial charge in [0, 0.05) is 0 Å². The molecule has 2 aromatic rings. The third-order valence-electron chi connectivity index (χ3n) is 4.25. The third kappa shape index (κ3) is 8.08. The molecule has 0 saturated carbocycles. The molecule has 0 unspecified atom stereocenters. The van der Waals surface area contributed by atoms with E-state index in [4.69, 9.17) is 32.7 Å². The molecule has 0 spiro atoms. The summed E-state index contributed by atoms with van der Waals surface area (Å²) in [5.41, 5.74) is 0.504. The summed E-state index contributed by atoms with van der Waals surface area (Å²) in [5, 5.41) is 2.66. The summed E-state index contributed by atoms with van der Waals surface area (Å²) in [5.74, 6) is -2.13. The molecule has 0 heterocycles. The van der Waals surface area contributed by atoms with Gasteiger partial charge in [-0.1, -0.05) is 66.2 Å². The van der Waals surface area contributed by atoms with Gasteiger partial charge in [-0.05, 0) is 43.2 Å². The Kier molecular flexibility index (Phi) is 10.7. The summed E-state index contributed by atoms with van der Waals surface area (Å²) in [4.78, 5) is 24.4. The maximum Gasteiger partial charge on any atom is 0.310 e. The van der Waals surface area contributed by atoms with Gasteiger partial charge in [0.1, 0.15) is 0 Å². The molecule has 0 bridgehead atoms. The molecule has 1 amide bonds. The Morgan fingerprint density at radius 1 is 1.12 bits per heavy atom. The van der Waals surface area contributed by atoms with Gasteiger partial charge in [-0.15, -0.1) is 0 Å². The van der Waals surface area contributed by atoms with Crippen molar-refractivity contribution in [2.45, 2.75) is 19.8 Å². The highest BCUT2D eigenvalue weighted by Gasteiger charge is 2.21. The number of carbonyl (C=O) groups excluding carboxylic acids is 2. The van der Waals surface area contributed by atoms with Crippen molar-refractivity contribution in [1.82, 2.24) is 0 Å². The van der Waals surface area contributed by atoms with Crippen LogP contribution in [-0.4, -0.2) is 25.1 Å². The van der Waals surface area contributed by atoms with Gasteiger partial charge in [-0.2, -0.15) is 0 Å². The summed E-state index contributed by atoms with van der Waals surface area (Å²) < 4.78 is 25.3. The van der Waals surface area contributed by atoms with Crippen LogP contribution in [0.15, 0.2) is 67.3 Å². The first kappa shape index (κ1) is 26.2. The Hall–Kier alpha value is -3.09. The zero-order chi connectivity index (χ0) is 24.2. The van der Waals surface area contributed by atoms with Crippen molar-refractivity contribution in [3.63, 3.8) is 0 Å².